The molecule has 0 aromatic heterocycles. The molecular formula is C32H22. The van der Waals surface area contributed by atoms with Gasteiger partial charge in [-0.1, -0.05) is 83.8 Å². The maximum atomic E-state index is 3.38. The van der Waals surface area contributed by atoms with Crippen molar-refractivity contribution < 1.29 is 0 Å². The Morgan fingerprint density at radius 1 is 0.469 bits per heavy atom. The van der Waals surface area contributed by atoms with Crippen molar-refractivity contribution in [1.29, 1.82) is 0 Å². The smallest absolute Gasteiger partial charge is 0.0327 e. The fraction of sp³-hybridized carbons (Fsp3) is 0.0625. The fourth-order valence-electron chi connectivity index (χ4n) is 3.88. The van der Waals surface area contributed by atoms with Crippen molar-refractivity contribution in [2.75, 3.05) is 0 Å². The van der Waals surface area contributed by atoms with Gasteiger partial charge in [0.2, 0.25) is 0 Å². The Kier molecular flexibility index (Phi) is 5.21. The lowest BCUT2D eigenvalue weighted by atomic mass is 10.00. The maximum absolute atomic E-state index is 3.38. The molecule has 0 aliphatic carbocycles. The minimum atomic E-state index is 1.01. The van der Waals surface area contributed by atoms with Gasteiger partial charge in [0.25, 0.3) is 0 Å². The number of aryl methyl sites for hydroxylation is 2. The summed E-state index contributed by atoms with van der Waals surface area (Å²) >= 11 is 0. The molecule has 0 spiro atoms. The summed E-state index contributed by atoms with van der Waals surface area (Å²) < 4.78 is 0. The summed E-state index contributed by atoms with van der Waals surface area (Å²) in [6.45, 7) is 4.23. The van der Waals surface area contributed by atoms with E-state index in [9.17, 15) is 0 Å². The summed E-state index contributed by atoms with van der Waals surface area (Å²) in [6.07, 6.45) is 0. The molecule has 32 heavy (non-hydrogen) atoms. The Hall–Kier alpha value is -4.26. The van der Waals surface area contributed by atoms with Gasteiger partial charge in [-0.2, -0.15) is 0 Å². The topological polar surface area (TPSA) is 0 Å². The van der Waals surface area contributed by atoms with E-state index >= 15 is 0 Å². The SMILES string of the molecule is Cc1ccc(C#Cc2ccc3cc(C#Cc4ccc(C)c5ccccc45)ccc3c2)cc1. The third-order valence-corrected chi connectivity index (χ3v) is 5.73. The van der Waals surface area contributed by atoms with Crippen LogP contribution in [0.1, 0.15) is 33.4 Å². The Labute approximate surface area is 189 Å². The van der Waals surface area contributed by atoms with Crippen LogP contribution in [0.2, 0.25) is 0 Å². The highest BCUT2D eigenvalue weighted by molar-refractivity contribution is 5.91. The molecule has 5 aromatic carbocycles. The molecule has 0 bridgehead atoms. The molecule has 0 unspecified atom stereocenters. The zero-order chi connectivity index (χ0) is 21.9. The second kappa shape index (κ2) is 8.47. The average Bonchev–Trinajstić information content (AvgIpc) is 2.83. The van der Waals surface area contributed by atoms with Crippen LogP contribution in [0.5, 0.6) is 0 Å². The van der Waals surface area contributed by atoms with Crippen molar-refractivity contribution in [2.24, 2.45) is 0 Å². The minimum absolute atomic E-state index is 1.01. The first-order valence-electron chi connectivity index (χ1n) is 10.8. The summed E-state index contributed by atoms with van der Waals surface area (Å²) in [5.74, 6) is 13.3. The molecule has 5 aromatic rings. The van der Waals surface area contributed by atoms with Gasteiger partial charge in [-0.05, 0) is 83.4 Å². The van der Waals surface area contributed by atoms with Crippen LogP contribution in [0.25, 0.3) is 21.5 Å². The van der Waals surface area contributed by atoms with Crippen LogP contribution in [0.15, 0.2) is 97.1 Å². The van der Waals surface area contributed by atoms with E-state index in [0.29, 0.717) is 0 Å². The zero-order valence-electron chi connectivity index (χ0n) is 18.2. The van der Waals surface area contributed by atoms with Crippen LogP contribution >= 0.6 is 0 Å². The van der Waals surface area contributed by atoms with Gasteiger partial charge in [0, 0.05) is 22.3 Å². The van der Waals surface area contributed by atoms with E-state index in [2.05, 4.69) is 135 Å². The summed E-state index contributed by atoms with van der Waals surface area (Å²) in [6, 6.07) is 33.7. The fourth-order valence-corrected chi connectivity index (χ4v) is 3.88. The second-order valence-corrected chi connectivity index (χ2v) is 8.12. The largest absolute Gasteiger partial charge is 0.0617 e. The predicted molar refractivity (Wildman–Crippen MR) is 136 cm³/mol. The van der Waals surface area contributed by atoms with E-state index in [1.807, 2.05) is 0 Å². The molecule has 5 rings (SSSR count). The highest BCUT2D eigenvalue weighted by Gasteiger charge is 2.01. The number of hydrogen-bond donors (Lipinski definition) is 0. The van der Waals surface area contributed by atoms with E-state index in [0.717, 1.165) is 22.3 Å². The number of fused-ring (bicyclic) bond motifs is 2. The molecule has 0 saturated carbocycles. The molecular weight excluding hydrogens is 384 g/mol. The molecule has 0 heteroatoms. The average molecular weight is 407 g/mol. The third kappa shape index (κ3) is 4.13. The van der Waals surface area contributed by atoms with Gasteiger partial charge in [-0.3, -0.25) is 0 Å². The Balaban J connectivity index is 1.44. The van der Waals surface area contributed by atoms with Crippen LogP contribution in [-0.2, 0) is 0 Å². The Morgan fingerprint density at radius 3 is 1.72 bits per heavy atom. The summed E-state index contributed by atoms with van der Waals surface area (Å²) in [4.78, 5) is 0. The van der Waals surface area contributed by atoms with Gasteiger partial charge in [0.15, 0.2) is 0 Å². The maximum Gasteiger partial charge on any atom is 0.0327 e. The molecule has 0 fully saturated rings. The van der Waals surface area contributed by atoms with Gasteiger partial charge in [-0.15, -0.1) is 0 Å². The first-order valence-corrected chi connectivity index (χ1v) is 10.8. The standard InChI is InChI=1S/C32H22/c1-23-7-10-25(11-8-23)12-13-26-15-19-30-22-27(16-20-29(30)21-26)14-18-28-17-9-24(2)31-5-3-4-6-32(28)31/h3-11,15-17,19-22H,1-2H3. The third-order valence-electron chi connectivity index (χ3n) is 5.73. The molecule has 0 aliphatic rings. The predicted octanol–water partition coefficient (Wildman–Crippen LogP) is 7.41. The van der Waals surface area contributed by atoms with Gasteiger partial charge in [0.1, 0.15) is 0 Å². The summed E-state index contributed by atoms with van der Waals surface area (Å²) in [7, 11) is 0. The molecule has 0 nitrogen and oxygen atoms in total. The molecule has 150 valence electrons. The highest BCUT2D eigenvalue weighted by atomic mass is 14.0. The number of benzene rings is 5. The van der Waals surface area contributed by atoms with Gasteiger partial charge < -0.3 is 0 Å². The highest BCUT2D eigenvalue weighted by Crippen LogP contribution is 2.22. The lowest BCUT2D eigenvalue weighted by Crippen LogP contribution is -1.84. The van der Waals surface area contributed by atoms with E-state index in [1.165, 1.54) is 32.7 Å². The van der Waals surface area contributed by atoms with E-state index in [1.54, 1.807) is 0 Å². The van der Waals surface area contributed by atoms with Crippen molar-refractivity contribution in [3.8, 4) is 23.7 Å². The van der Waals surface area contributed by atoms with Gasteiger partial charge >= 0.3 is 0 Å². The van der Waals surface area contributed by atoms with Crippen molar-refractivity contribution in [3.63, 3.8) is 0 Å². The molecule has 0 saturated heterocycles. The first-order chi connectivity index (χ1) is 15.7. The van der Waals surface area contributed by atoms with E-state index in [4.69, 9.17) is 0 Å². The quantitative estimate of drug-likeness (QED) is 0.235. The summed E-state index contributed by atoms with van der Waals surface area (Å²) in [5.41, 5.74) is 6.65. The van der Waals surface area contributed by atoms with Crippen molar-refractivity contribution in [1.82, 2.24) is 0 Å². The molecule has 0 atom stereocenters. The Morgan fingerprint density at radius 2 is 1.03 bits per heavy atom. The molecule has 0 radical (unpaired) electrons. The summed E-state index contributed by atoms with van der Waals surface area (Å²) in [5, 5.41) is 4.81. The number of hydrogen-bond acceptors (Lipinski definition) is 0. The van der Waals surface area contributed by atoms with Crippen molar-refractivity contribution >= 4 is 21.5 Å². The van der Waals surface area contributed by atoms with E-state index < -0.39 is 0 Å². The van der Waals surface area contributed by atoms with Crippen LogP contribution in [0, 0.1) is 37.5 Å². The molecule has 0 heterocycles. The van der Waals surface area contributed by atoms with Crippen molar-refractivity contribution in [3.05, 3.63) is 130 Å². The van der Waals surface area contributed by atoms with Crippen LogP contribution < -0.4 is 0 Å². The second-order valence-electron chi connectivity index (χ2n) is 8.12. The lowest BCUT2D eigenvalue weighted by molar-refractivity contribution is 1.46. The van der Waals surface area contributed by atoms with Crippen LogP contribution in [0.4, 0.5) is 0 Å². The minimum Gasteiger partial charge on any atom is -0.0617 e. The molecule has 0 amide bonds. The lowest BCUT2D eigenvalue weighted by Gasteiger charge is -2.04. The van der Waals surface area contributed by atoms with Gasteiger partial charge in [-0.25, -0.2) is 0 Å². The van der Waals surface area contributed by atoms with Crippen LogP contribution in [-0.4, -0.2) is 0 Å². The first kappa shape index (κ1) is 19.7. The van der Waals surface area contributed by atoms with Gasteiger partial charge in [0.05, 0.1) is 0 Å². The van der Waals surface area contributed by atoms with Crippen LogP contribution in [0.3, 0.4) is 0 Å². The monoisotopic (exact) mass is 406 g/mol. The molecule has 0 N–H and O–H groups in total. The zero-order valence-corrected chi connectivity index (χ0v) is 18.2. The van der Waals surface area contributed by atoms with Crippen molar-refractivity contribution in [2.45, 2.75) is 13.8 Å². The molecule has 0 aliphatic heterocycles. The number of rotatable bonds is 0. The van der Waals surface area contributed by atoms with E-state index in [-0.39, 0.29) is 0 Å². The Bertz CT molecular complexity index is 1580. The normalized spacial score (nSPS) is 10.3.